The van der Waals surface area contributed by atoms with Crippen molar-refractivity contribution in [3.05, 3.63) is 138 Å². The van der Waals surface area contributed by atoms with Gasteiger partial charge in [-0.25, -0.2) is 0 Å². The molecule has 0 atom stereocenters. The number of hydrogen-bond acceptors (Lipinski definition) is 5. The van der Waals surface area contributed by atoms with Gasteiger partial charge in [0, 0.05) is 60.5 Å². The fourth-order valence-corrected chi connectivity index (χ4v) is 8.01. The van der Waals surface area contributed by atoms with Crippen LogP contribution in [0.15, 0.2) is 114 Å². The molecule has 0 amide bonds. The Labute approximate surface area is 360 Å². The van der Waals surface area contributed by atoms with Crippen LogP contribution in [0.2, 0.25) is 0 Å². The Morgan fingerprint density at radius 2 is 1.37 bits per heavy atom. The molecule has 0 spiro atoms. The number of aromatic hydroxyl groups is 1. The number of pyridine rings is 2. The van der Waals surface area contributed by atoms with Crippen molar-refractivity contribution in [1.82, 2.24) is 19.5 Å². The number of aryl methyl sites for hydroxylation is 1. The molecule has 4 heterocycles. The maximum atomic E-state index is 11.6. The van der Waals surface area contributed by atoms with Gasteiger partial charge in [0.05, 0.1) is 22.4 Å². The SMILES string of the molecule is Cc1ccnc2c(-c3[c-]c(-c4nc5c(-c6c(O)ccc7c6oc6ccccc67)cccc5n4-c4ccc(C(C)(C)C)cc4)cc(C(C)(C)C)n3)cc(C(C)(C)C)cc12.[Pt]. The standard InChI is InChI=1S/C52H49N4O2.Pt/c1-30-24-25-53-46-38(30)28-33(51(5,6)7)29-39(46)40-26-31(27-44(54-40)52(8,9)10)49-55-47-37(45-42(57)23-22-36-35-14-11-12-17-43(35)58-48(36)45)15-13-16-41(47)56(49)34-20-18-32(19-21-34)50(2,3)4;/h11-25,27-29,57H,1-10H3;/q-1;. The van der Waals surface area contributed by atoms with Crippen molar-refractivity contribution in [2.45, 2.75) is 85.5 Å². The number of hydrogen-bond donors (Lipinski definition) is 1. The van der Waals surface area contributed by atoms with Gasteiger partial charge in [-0.2, -0.15) is 0 Å². The summed E-state index contributed by atoms with van der Waals surface area (Å²) >= 11 is 0. The minimum atomic E-state index is -0.293. The zero-order chi connectivity index (χ0) is 40.9. The van der Waals surface area contributed by atoms with Crippen LogP contribution in [0.5, 0.6) is 5.75 Å². The second kappa shape index (κ2) is 14.3. The van der Waals surface area contributed by atoms with E-state index in [1.54, 1.807) is 6.07 Å². The molecular formula is C52H49N4O2Pt-. The summed E-state index contributed by atoms with van der Waals surface area (Å²) in [6.07, 6.45) is 1.88. The smallest absolute Gasteiger partial charge is 0.147 e. The van der Waals surface area contributed by atoms with E-state index in [4.69, 9.17) is 19.4 Å². The molecule has 9 rings (SSSR count). The van der Waals surface area contributed by atoms with E-state index in [0.717, 1.165) is 77.9 Å². The Hall–Kier alpha value is -5.58. The topological polar surface area (TPSA) is 77.0 Å². The van der Waals surface area contributed by atoms with E-state index in [2.05, 4.69) is 141 Å². The molecule has 9 aromatic rings. The van der Waals surface area contributed by atoms with Crippen LogP contribution in [0.1, 0.15) is 84.7 Å². The minimum absolute atomic E-state index is 0. The average molecular weight is 957 g/mol. The molecule has 7 heteroatoms. The van der Waals surface area contributed by atoms with Gasteiger partial charge in [0.15, 0.2) is 0 Å². The molecule has 0 aliphatic rings. The molecule has 0 unspecified atom stereocenters. The van der Waals surface area contributed by atoms with Crippen LogP contribution >= 0.6 is 0 Å². The van der Waals surface area contributed by atoms with Crippen LogP contribution in [0, 0.1) is 13.0 Å². The van der Waals surface area contributed by atoms with E-state index in [1.165, 1.54) is 16.7 Å². The van der Waals surface area contributed by atoms with Crippen molar-refractivity contribution in [2.75, 3.05) is 0 Å². The summed E-state index contributed by atoms with van der Waals surface area (Å²) in [7, 11) is 0. The minimum Gasteiger partial charge on any atom is -0.507 e. The van der Waals surface area contributed by atoms with Gasteiger partial charge >= 0.3 is 0 Å². The summed E-state index contributed by atoms with van der Waals surface area (Å²) in [6.45, 7) is 22.1. The zero-order valence-electron chi connectivity index (χ0n) is 35.4. The molecule has 1 N–H and O–H groups in total. The monoisotopic (exact) mass is 956 g/mol. The molecule has 0 bridgehead atoms. The van der Waals surface area contributed by atoms with Crippen LogP contribution < -0.4 is 0 Å². The third-order valence-corrected chi connectivity index (χ3v) is 11.4. The summed E-state index contributed by atoms with van der Waals surface area (Å²) in [5.74, 6) is 0.850. The van der Waals surface area contributed by atoms with E-state index < -0.39 is 0 Å². The van der Waals surface area contributed by atoms with E-state index in [-0.39, 0.29) is 43.1 Å². The van der Waals surface area contributed by atoms with E-state index >= 15 is 0 Å². The van der Waals surface area contributed by atoms with Crippen molar-refractivity contribution < 1.29 is 30.6 Å². The van der Waals surface area contributed by atoms with Crippen molar-refractivity contribution in [3.8, 4) is 45.2 Å². The molecule has 0 radical (unpaired) electrons. The number of rotatable bonds is 4. The quantitative estimate of drug-likeness (QED) is 0.178. The third-order valence-electron chi connectivity index (χ3n) is 11.4. The maximum absolute atomic E-state index is 11.6. The fourth-order valence-electron chi connectivity index (χ4n) is 8.01. The average Bonchev–Trinajstić information content (AvgIpc) is 3.76. The molecule has 6 nitrogen and oxygen atoms in total. The number of phenolic OH excluding ortho intramolecular Hbond substituents is 1. The third kappa shape index (κ3) is 6.95. The molecule has 5 aromatic carbocycles. The number of para-hydroxylation sites is 2. The molecule has 0 aliphatic carbocycles. The Kier molecular flexibility index (Phi) is 9.75. The van der Waals surface area contributed by atoms with Crippen LogP contribution in [-0.4, -0.2) is 24.6 Å². The van der Waals surface area contributed by atoms with Crippen molar-refractivity contribution in [2.24, 2.45) is 0 Å². The molecule has 0 saturated heterocycles. The number of nitrogens with zero attached hydrogens (tertiary/aromatic N) is 4. The van der Waals surface area contributed by atoms with Crippen molar-refractivity contribution in [1.29, 1.82) is 0 Å². The first kappa shape index (κ1) is 40.2. The number of phenols is 1. The number of fused-ring (bicyclic) bond motifs is 5. The Morgan fingerprint density at radius 1 is 0.644 bits per heavy atom. The van der Waals surface area contributed by atoms with Gasteiger partial charge in [-0.05, 0) is 93.4 Å². The normalized spacial score (nSPS) is 12.5. The summed E-state index contributed by atoms with van der Waals surface area (Å²) in [5, 5.41) is 14.7. The molecule has 0 aliphatic heterocycles. The summed E-state index contributed by atoms with van der Waals surface area (Å²) < 4.78 is 8.72. The number of imidazole rings is 1. The van der Waals surface area contributed by atoms with Crippen LogP contribution in [0.3, 0.4) is 0 Å². The molecule has 0 saturated carbocycles. The summed E-state index contributed by atoms with van der Waals surface area (Å²) in [4.78, 5) is 15.8. The predicted octanol–water partition coefficient (Wildman–Crippen LogP) is 13.6. The van der Waals surface area contributed by atoms with E-state index in [0.29, 0.717) is 11.1 Å². The summed E-state index contributed by atoms with van der Waals surface area (Å²) in [6, 6.07) is 39.1. The van der Waals surface area contributed by atoms with Gasteiger partial charge in [0.2, 0.25) is 0 Å². The number of aromatic nitrogens is 4. The van der Waals surface area contributed by atoms with Crippen LogP contribution in [-0.2, 0) is 37.3 Å². The molecule has 0 fully saturated rings. The summed E-state index contributed by atoms with van der Waals surface area (Å²) in [5.41, 5.74) is 12.9. The zero-order valence-corrected chi connectivity index (χ0v) is 37.6. The van der Waals surface area contributed by atoms with Gasteiger partial charge in [0.25, 0.3) is 0 Å². The first-order valence-corrected chi connectivity index (χ1v) is 20.1. The largest absolute Gasteiger partial charge is 0.507 e. The van der Waals surface area contributed by atoms with Gasteiger partial charge in [0.1, 0.15) is 16.9 Å². The fraction of sp³-hybridized carbons (Fsp3) is 0.250. The van der Waals surface area contributed by atoms with Crippen molar-refractivity contribution in [3.63, 3.8) is 0 Å². The predicted molar refractivity (Wildman–Crippen MR) is 239 cm³/mol. The molecule has 59 heavy (non-hydrogen) atoms. The number of furan rings is 1. The molecule has 4 aromatic heterocycles. The van der Waals surface area contributed by atoms with Crippen LogP contribution in [0.25, 0.3) is 83.3 Å². The Bertz CT molecular complexity index is 3080. The van der Waals surface area contributed by atoms with E-state index in [9.17, 15) is 5.11 Å². The Balaban J connectivity index is 0.00000484. The van der Waals surface area contributed by atoms with Crippen molar-refractivity contribution >= 4 is 43.9 Å². The van der Waals surface area contributed by atoms with Crippen LogP contribution in [0.4, 0.5) is 0 Å². The van der Waals surface area contributed by atoms with Gasteiger partial charge in [-0.15, -0.1) is 17.7 Å². The van der Waals surface area contributed by atoms with Gasteiger partial charge in [-0.3, -0.25) is 15.0 Å². The number of benzene rings is 5. The second-order valence-electron chi connectivity index (χ2n) is 18.8. The Morgan fingerprint density at radius 3 is 2.08 bits per heavy atom. The van der Waals surface area contributed by atoms with Gasteiger partial charge in [-0.1, -0.05) is 122 Å². The first-order valence-electron chi connectivity index (χ1n) is 20.1. The van der Waals surface area contributed by atoms with E-state index in [1.807, 2.05) is 42.6 Å². The molecule has 300 valence electrons. The first-order chi connectivity index (χ1) is 27.5. The molecular weight excluding hydrogens is 908 g/mol. The second-order valence-corrected chi connectivity index (χ2v) is 18.8. The maximum Gasteiger partial charge on any atom is 0.147 e. The van der Waals surface area contributed by atoms with Gasteiger partial charge < -0.3 is 14.1 Å².